The molecule has 1 rings (SSSR count). The Bertz CT molecular complexity index is 431. The summed E-state index contributed by atoms with van der Waals surface area (Å²) in [5, 5.41) is 11.4. The SMILES string of the molecule is C=CCOc1c(O)cccc1[Si](C)(C)C(C)(C)C. The Morgan fingerprint density at radius 3 is 2.44 bits per heavy atom. The number of benzene rings is 1. The highest BCUT2D eigenvalue weighted by atomic mass is 28.3. The van der Waals surface area contributed by atoms with Crippen LogP contribution in [0.15, 0.2) is 30.9 Å². The lowest BCUT2D eigenvalue weighted by molar-refractivity contribution is 0.339. The third-order valence-electron chi connectivity index (χ3n) is 3.89. The van der Waals surface area contributed by atoms with Gasteiger partial charge < -0.3 is 9.84 Å². The van der Waals surface area contributed by atoms with E-state index >= 15 is 0 Å². The van der Waals surface area contributed by atoms with Crippen molar-refractivity contribution in [3.63, 3.8) is 0 Å². The van der Waals surface area contributed by atoms with Crippen LogP contribution in [0.5, 0.6) is 11.5 Å². The first-order chi connectivity index (χ1) is 8.21. The van der Waals surface area contributed by atoms with Gasteiger partial charge in [0.2, 0.25) is 0 Å². The zero-order chi connectivity index (χ0) is 14.0. The lowest BCUT2D eigenvalue weighted by Crippen LogP contribution is -2.49. The molecule has 0 aliphatic carbocycles. The summed E-state index contributed by atoms with van der Waals surface area (Å²) in [7, 11) is -1.73. The molecule has 1 aromatic carbocycles. The minimum Gasteiger partial charge on any atom is -0.504 e. The Hall–Kier alpha value is -1.22. The molecule has 0 saturated carbocycles. The topological polar surface area (TPSA) is 29.5 Å². The molecule has 0 amide bonds. The summed E-state index contributed by atoms with van der Waals surface area (Å²) in [5.74, 6) is 0.850. The van der Waals surface area contributed by atoms with Gasteiger partial charge in [0.1, 0.15) is 6.61 Å². The van der Waals surface area contributed by atoms with Gasteiger partial charge in [0.15, 0.2) is 11.5 Å². The Labute approximate surface area is 111 Å². The van der Waals surface area contributed by atoms with Crippen molar-refractivity contribution < 1.29 is 9.84 Å². The first kappa shape index (κ1) is 14.8. The number of rotatable bonds is 4. The highest BCUT2D eigenvalue weighted by molar-refractivity contribution is 6.92. The fourth-order valence-electron chi connectivity index (χ4n) is 1.71. The molecule has 0 fully saturated rings. The van der Waals surface area contributed by atoms with Crippen molar-refractivity contribution in [1.29, 1.82) is 0 Å². The summed E-state index contributed by atoms with van der Waals surface area (Å²) in [6.45, 7) is 15.4. The quantitative estimate of drug-likeness (QED) is 0.664. The largest absolute Gasteiger partial charge is 0.504 e. The summed E-state index contributed by atoms with van der Waals surface area (Å²) < 4.78 is 5.67. The van der Waals surface area contributed by atoms with Gasteiger partial charge in [-0.15, -0.1) is 0 Å². The predicted octanol–water partition coefficient (Wildman–Crippen LogP) is 3.67. The maximum Gasteiger partial charge on any atom is 0.160 e. The molecule has 0 spiro atoms. The molecule has 100 valence electrons. The van der Waals surface area contributed by atoms with Gasteiger partial charge in [-0.3, -0.25) is 0 Å². The summed E-state index contributed by atoms with van der Waals surface area (Å²) in [6, 6.07) is 5.65. The van der Waals surface area contributed by atoms with E-state index in [0.717, 1.165) is 5.19 Å². The first-order valence-electron chi connectivity index (χ1n) is 6.28. The molecule has 0 aromatic heterocycles. The van der Waals surface area contributed by atoms with Crippen LogP contribution in [0.3, 0.4) is 0 Å². The second-order valence-electron chi connectivity index (χ2n) is 6.13. The van der Waals surface area contributed by atoms with E-state index in [-0.39, 0.29) is 10.8 Å². The number of hydrogen-bond donors (Lipinski definition) is 1. The normalized spacial score (nSPS) is 12.3. The maximum absolute atomic E-state index is 10.0. The smallest absolute Gasteiger partial charge is 0.160 e. The molecule has 2 nitrogen and oxygen atoms in total. The molecular weight excluding hydrogens is 240 g/mol. The van der Waals surface area contributed by atoms with E-state index in [0.29, 0.717) is 12.4 Å². The Kier molecular flexibility index (Phi) is 4.27. The van der Waals surface area contributed by atoms with Crippen molar-refractivity contribution >= 4 is 13.3 Å². The van der Waals surface area contributed by atoms with Crippen LogP contribution >= 0.6 is 0 Å². The van der Waals surface area contributed by atoms with Crippen molar-refractivity contribution in [3.05, 3.63) is 30.9 Å². The number of phenolic OH excluding ortho intramolecular Hbond substituents is 1. The summed E-state index contributed by atoms with van der Waals surface area (Å²) in [4.78, 5) is 0. The standard InChI is InChI=1S/C15H24O2Si/c1-7-11-17-14-12(16)9-8-10-13(14)18(5,6)15(2,3)4/h7-10,16H,1,11H2,2-6H3. The van der Waals surface area contributed by atoms with Gasteiger partial charge in [-0.2, -0.15) is 0 Å². The van der Waals surface area contributed by atoms with Gasteiger partial charge in [-0.25, -0.2) is 0 Å². The van der Waals surface area contributed by atoms with E-state index in [1.165, 1.54) is 0 Å². The van der Waals surface area contributed by atoms with Crippen LogP contribution in [0, 0.1) is 0 Å². The molecule has 0 heterocycles. The van der Waals surface area contributed by atoms with Crippen LogP contribution in [-0.4, -0.2) is 19.8 Å². The average Bonchev–Trinajstić information content (AvgIpc) is 2.25. The Morgan fingerprint density at radius 1 is 1.33 bits per heavy atom. The van der Waals surface area contributed by atoms with E-state index in [4.69, 9.17) is 4.74 Å². The van der Waals surface area contributed by atoms with E-state index < -0.39 is 8.07 Å². The van der Waals surface area contributed by atoms with Crippen molar-refractivity contribution in [1.82, 2.24) is 0 Å². The summed E-state index contributed by atoms with van der Waals surface area (Å²) >= 11 is 0. The molecule has 0 unspecified atom stereocenters. The van der Waals surface area contributed by atoms with Gasteiger partial charge in [0, 0.05) is 0 Å². The minimum absolute atomic E-state index is 0.201. The van der Waals surface area contributed by atoms with Crippen molar-refractivity contribution in [2.45, 2.75) is 38.9 Å². The third kappa shape index (κ3) is 2.78. The predicted molar refractivity (Wildman–Crippen MR) is 80.6 cm³/mol. The van der Waals surface area contributed by atoms with Crippen LogP contribution < -0.4 is 9.92 Å². The minimum atomic E-state index is -1.73. The number of para-hydroxylation sites is 1. The highest BCUT2D eigenvalue weighted by Crippen LogP contribution is 2.39. The molecular formula is C15H24O2Si. The zero-order valence-electron chi connectivity index (χ0n) is 12.1. The molecule has 0 atom stereocenters. The molecule has 0 saturated heterocycles. The zero-order valence-corrected chi connectivity index (χ0v) is 13.1. The second kappa shape index (κ2) is 5.18. The van der Waals surface area contributed by atoms with Crippen LogP contribution in [0.25, 0.3) is 0 Å². The van der Waals surface area contributed by atoms with Crippen LogP contribution in [0.2, 0.25) is 18.1 Å². The lowest BCUT2D eigenvalue weighted by atomic mass is 10.2. The highest BCUT2D eigenvalue weighted by Gasteiger charge is 2.39. The Morgan fingerprint density at radius 2 is 1.94 bits per heavy atom. The molecule has 0 bridgehead atoms. The Balaban J connectivity index is 3.31. The van der Waals surface area contributed by atoms with Crippen LogP contribution in [-0.2, 0) is 0 Å². The number of phenols is 1. The maximum atomic E-state index is 10.0. The van der Waals surface area contributed by atoms with E-state index in [1.54, 1.807) is 12.1 Å². The number of hydrogen-bond acceptors (Lipinski definition) is 2. The second-order valence-corrected chi connectivity index (χ2v) is 11.4. The third-order valence-corrected chi connectivity index (χ3v) is 9.38. The average molecular weight is 264 g/mol. The monoisotopic (exact) mass is 264 g/mol. The van der Waals surface area contributed by atoms with E-state index in [9.17, 15) is 5.11 Å². The molecule has 18 heavy (non-hydrogen) atoms. The first-order valence-corrected chi connectivity index (χ1v) is 9.28. The molecule has 1 aromatic rings. The van der Waals surface area contributed by atoms with Crippen molar-refractivity contribution in [2.24, 2.45) is 0 Å². The van der Waals surface area contributed by atoms with Gasteiger partial charge in [0.05, 0.1) is 8.07 Å². The van der Waals surface area contributed by atoms with Gasteiger partial charge >= 0.3 is 0 Å². The lowest BCUT2D eigenvalue weighted by Gasteiger charge is -2.38. The van der Waals surface area contributed by atoms with Crippen LogP contribution in [0.4, 0.5) is 0 Å². The molecule has 0 aliphatic rings. The number of aromatic hydroxyl groups is 1. The molecule has 3 heteroatoms. The van der Waals surface area contributed by atoms with Gasteiger partial charge in [-0.05, 0) is 16.3 Å². The summed E-state index contributed by atoms with van der Waals surface area (Å²) in [6.07, 6.45) is 1.70. The fraction of sp³-hybridized carbons (Fsp3) is 0.467. The van der Waals surface area contributed by atoms with Crippen LogP contribution in [0.1, 0.15) is 20.8 Å². The molecule has 0 radical (unpaired) electrons. The van der Waals surface area contributed by atoms with Gasteiger partial charge in [-0.1, -0.05) is 58.7 Å². The fourth-order valence-corrected chi connectivity index (χ4v) is 3.80. The summed E-state index contributed by atoms with van der Waals surface area (Å²) in [5.41, 5.74) is 0. The molecule has 0 aliphatic heterocycles. The van der Waals surface area contributed by atoms with E-state index in [2.05, 4.69) is 46.5 Å². The van der Waals surface area contributed by atoms with E-state index in [1.807, 2.05) is 6.07 Å². The molecule has 1 N–H and O–H groups in total. The number of ether oxygens (including phenoxy) is 1. The van der Waals surface area contributed by atoms with Gasteiger partial charge in [0.25, 0.3) is 0 Å². The van der Waals surface area contributed by atoms with Crippen molar-refractivity contribution in [2.75, 3.05) is 6.61 Å². The van der Waals surface area contributed by atoms with Crippen molar-refractivity contribution in [3.8, 4) is 11.5 Å².